The molecule has 3 aromatic rings. The summed E-state index contributed by atoms with van der Waals surface area (Å²) in [5.41, 5.74) is 7.70. The Labute approximate surface area is 128 Å². The van der Waals surface area contributed by atoms with Gasteiger partial charge in [-0.15, -0.1) is 11.3 Å². The van der Waals surface area contributed by atoms with Gasteiger partial charge in [0, 0.05) is 16.3 Å². The molecule has 3 rings (SSSR count). The average Bonchev–Trinajstić information content (AvgIpc) is 3.02. The Morgan fingerprint density at radius 2 is 1.95 bits per heavy atom. The van der Waals surface area contributed by atoms with Gasteiger partial charge >= 0.3 is 0 Å². The van der Waals surface area contributed by atoms with E-state index >= 15 is 0 Å². The van der Waals surface area contributed by atoms with Crippen molar-refractivity contribution in [2.24, 2.45) is 0 Å². The van der Waals surface area contributed by atoms with Gasteiger partial charge < -0.3 is 5.73 Å². The number of nitrogens with zero attached hydrogens (tertiary/aromatic N) is 3. The van der Waals surface area contributed by atoms with E-state index in [1.165, 1.54) is 16.9 Å². The summed E-state index contributed by atoms with van der Waals surface area (Å²) in [5, 5.41) is 9.69. The molecule has 5 nitrogen and oxygen atoms in total. The maximum atomic E-state index is 5.61. The lowest BCUT2D eigenvalue weighted by molar-refractivity contribution is 0.946. The summed E-state index contributed by atoms with van der Waals surface area (Å²) in [5.74, 6) is 1.59. The van der Waals surface area contributed by atoms with E-state index in [4.69, 9.17) is 5.73 Å². The Bertz CT molecular complexity index is 704. The lowest BCUT2D eigenvalue weighted by Gasteiger charge is -1.97. The summed E-state index contributed by atoms with van der Waals surface area (Å²) in [4.78, 5) is 8.68. The standard InChI is InChI=1S/C13H12BrN5S/c14-9-3-1-8(2-4-9)5-11-17-12(19-18-11)6-10-7-20-13(15)16-10/h1-4,7H,5-6H2,(H2,15,16)(H,17,18,19). The molecule has 0 saturated heterocycles. The summed E-state index contributed by atoms with van der Waals surface area (Å²) in [6, 6.07) is 8.16. The molecule has 0 radical (unpaired) electrons. The van der Waals surface area contributed by atoms with Gasteiger partial charge in [-0.3, -0.25) is 5.10 Å². The van der Waals surface area contributed by atoms with Gasteiger partial charge in [0.15, 0.2) is 11.0 Å². The molecule has 0 aliphatic rings. The van der Waals surface area contributed by atoms with Crippen molar-refractivity contribution in [3.05, 3.63) is 57.0 Å². The van der Waals surface area contributed by atoms with Gasteiger partial charge in [0.05, 0.1) is 12.1 Å². The van der Waals surface area contributed by atoms with Crippen molar-refractivity contribution in [1.82, 2.24) is 20.2 Å². The number of anilines is 1. The third kappa shape index (κ3) is 3.23. The monoisotopic (exact) mass is 349 g/mol. The number of benzene rings is 1. The van der Waals surface area contributed by atoms with Gasteiger partial charge in [-0.25, -0.2) is 9.97 Å². The van der Waals surface area contributed by atoms with Crippen LogP contribution in [-0.2, 0) is 12.8 Å². The highest BCUT2D eigenvalue weighted by Gasteiger charge is 2.07. The van der Waals surface area contributed by atoms with Gasteiger partial charge in [0.1, 0.15) is 5.82 Å². The number of aromatic amines is 1. The fourth-order valence-electron chi connectivity index (χ4n) is 1.85. The lowest BCUT2D eigenvalue weighted by Crippen LogP contribution is -1.93. The second-order valence-electron chi connectivity index (χ2n) is 4.36. The van der Waals surface area contributed by atoms with Crippen LogP contribution in [0, 0.1) is 0 Å². The average molecular weight is 350 g/mol. The number of H-pyrrole nitrogens is 1. The number of aromatic nitrogens is 4. The maximum absolute atomic E-state index is 5.61. The SMILES string of the molecule is Nc1nc(Cc2n[nH]c(Cc3ccc(Br)cc3)n2)cs1. The molecule has 20 heavy (non-hydrogen) atoms. The van der Waals surface area contributed by atoms with E-state index in [0.29, 0.717) is 11.6 Å². The Hall–Kier alpha value is -1.73. The molecule has 102 valence electrons. The van der Waals surface area contributed by atoms with E-state index in [9.17, 15) is 0 Å². The molecule has 2 heterocycles. The van der Waals surface area contributed by atoms with E-state index < -0.39 is 0 Å². The summed E-state index contributed by atoms with van der Waals surface area (Å²) in [6.07, 6.45) is 1.34. The van der Waals surface area contributed by atoms with E-state index in [2.05, 4.69) is 48.2 Å². The fraction of sp³-hybridized carbons (Fsp3) is 0.154. The molecule has 7 heteroatoms. The van der Waals surface area contributed by atoms with Crippen LogP contribution in [0.3, 0.4) is 0 Å². The van der Waals surface area contributed by atoms with Crippen molar-refractivity contribution in [3.8, 4) is 0 Å². The molecule has 0 unspecified atom stereocenters. The number of nitrogens with two attached hydrogens (primary N) is 1. The highest BCUT2D eigenvalue weighted by atomic mass is 79.9. The highest BCUT2D eigenvalue weighted by Crippen LogP contribution is 2.15. The first-order valence-electron chi connectivity index (χ1n) is 6.03. The van der Waals surface area contributed by atoms with Crippen LogP contribution in [0.15, 0.2) is 34.1 Å². The van der Waals surface area contributed by atoms with Crippen molar-refractivity contribution in [1.29, 1.82) is 0 Å². The topological polar surface area (TPSA) is 80.5 Å². The number of halogens is 1. The fourth-order valence-corrected chi connectivity index (χ4v) is 2.68. The van der Waals surface area contributed by atoms with Crippen molar-refractivity contribution >= 4 is 32.4 Å². The smallest absolute Gasteiger partial charge is 0.180 e. The predicted molar refractivity (Wildman–Crippen MR) is 82.7 cm³/mol. The van der Waals surface area contributed by atoms with Crippen LogP contribution < -0.4 is 5.73 Å². The highest BCUT2D eigenvalue weighted by molar-refractivity contribution is 9.10. The minimum atomic E-state index is 0.575. The van der Waals surface area contributed by atoms with Crippen LogP contribution in [-0.4, -0.2) is 20.2 Å². The minimum absolute atomic E-state index is 0.575. The first kappa shape index (κ1) is 13.3. The van der Waals surface area contributed by atoms with Gasteiger partial charge in [0.25, 0.3) is 0 Å². The minimum Gasteiger partial charge on any atom is -0.375 e. The Morgan fingerprint density at radius 1 is 1.15 bits per heavy atom. The van der Waals surface area contributed by atoms with Gasteiger partial charge in [-0.2, -0.15) is 5.10 Å². The van der Waals surface area contributed by atoms with Crippen LogP contribution in [0.25, 0.3) is 0 Å². The molecule has 0 atom stereocenters. The Kier molecular flexibility index (Phi) is 3.79. The van der Waals surface area contributed by atoms with E-state index in [1.54, 1.807) is 0 Å². The number of hydrogen-bond donors (Lipinski definition) is 2. The largest absolute Gasteiger partial charge is 0.375 e. The van der Waals surface area contributed by atoms with Crippen LogP contribution in [0.5, 0.6) is 0 Å². The number of nitrogen functional groups attached to an aromatic ring is 1. The molecule has 1 aromatic carbocycles. The second kappa shape index (κ2) is 5.72. The third-order valence-corrected chi connectivity index (χ3v) is 4.02. The number of hydrogen-bond acceptors (Lipinski definition) is 5. The van der Waals surface area contributed by atoms with Gasteiger partial charge in [0.2, 0.25) is 0 Å². The maximum Gasteiger partial charge on any atom is 0.180 e. The second-order valence-corrected chi connectivity index (χ2v) is 6.16. The molecule has 0 aliphatic carbocycles. The molecular formula is C13H12BrN5S. The van der Waals surface area contributed by atoms with Crippen LogP contribution in [0.4, 0.5) is 5.13 Å². The van der Waals surface area contributed by atoms with Crippen molar-refractivity contribution in [3.63, 3.8) is 0 Å². The lowest BCUT2D eigenvalue weighted by atomic mass is 10.1. The first-order chi connectivity index (χ1) is 9.69. The molecule has 3 N–H and O–H groups in total. The van der Waals surface area contributed by atoms with E-state index in [-0.39, 0.29) is 0 Å². The van der Waals surface area contributed by atoms with Crippen LogP contribution in [0.1, 0.15) is 22.9 Å². The first-order valence-corrected chi connectivity index (χ1v) is 7.71. The van der Waals surface area contributed by atoms with Crippen molar-refractivity contribution < 1.29 is 0 Å². The summed E-state index contributed by atoms with van der Waals surface area (Å²) >= 11 is 4.85. The quantitative estimate of drug-likeness (QED) is 0.758. The normalized spacial score (nSPS) is 10.8. The zero-order valence-corrected chi connectivity index (χ0v) is 12.9. The third-order valence-electron chi connectivity index (χ3n) is 2.77. The molecule has 0 saturated carbocycles. The van der Waals surface area contributed by atoms with Crippen molar-refractivity contribution in [2.75, 3.05) is 5.73 Å². The summed E-state index contributed by atoms with van der Waals surface area (Å²) < 4.78 is 1.07. The number of rotatable bonds is 4. The zero-order valence-electron chi connectivity index (χ0n) is 10.5. The predicted octanol–water partition coefficient (Wildman–Crippen LogP) is 2.79. The molecule has 0 amide bonds. The van der Waals surface area contributed by atoms with E-state index in [0.717, 1.165) is 28.2 Å². The molecule has 0 spiro atoms. The van der Waals surface area contributed by atoms with Gasteiger partial charge in [-0.05, 0) is 17.7 Å². The number of nitrogens with one attached hydrogen (secondary N) is 1. The molecule has 2 aromatic heterocycles. The Morgan fingerprint density at radius 3 is 2.65 bits per heavy atom. The van der Waals surface area contributed by atoms with Crippen LogP contribution >= 0.6 is 27.3 Å². The Balaban J connectivity index is 1.68. The van der Waals surface area contributed by atoms with Crippen molar-refractivity contribution in [2.45, 2.75) is 12.8 Å². The zero-order chi connectivity index (χ0) is 13.9. The molecule has 0 aliphatic heterocycles. The molecular weight excluding hydrogens is 338 g/mol. The van der Waals surface area contributed by atoms with Crippen LogP contribution in [0.2, 0.25) is 0 Å². The van der Waals surface area contributed by atoms with E-state index in [1.807, 2.05) is 17.5 Å². The molecule has 0 fully saturated rings. The summed E-state index contributed by atoms with van der Waals surface area (Å²) in [7, 11) is 0. The number of thiazole rings is 1. The van der Waals surface area contributed by atoms with Gasteiger partial charge in [-0.1, -0.05) is 28.1 Å². The summed E-state index contributed by atoms with van der Waals surface area (Å²) in [6.45, 7) is 0. The molecule has 0 bridgehead atoms.